The summed E-state index contributed by atoms with van der Waals surface area (Å²) in [4.78, 5) is 39.5. The van der Waals surface area contributed by atoms with Gasteiger partial charge in [-0.05, 0) is 18.9 Å². The van der Waals surface area contributed by atoms with Crippen molar-refractivity contribution in [3.63, 3.8) is 0 Å². The van der Waals surface area contributed by atoms with E-state index < -0.39 is 0 Å². The molecule has 2 aliphatic heterocycles. The van der Waals surface area contributed by atoms with E-state index in [4.69, 9.17) is 4.74 Å². The number of nitrogens with zero attached hydrogens (tertiary/aromatic N) is 4. The average Bonchev–Trinajstić information content (AvgIpc) is 2.75. The quantitative estimate of drug-likeness (QED) is 0.869. The van der Waals surface area contributed by atoms with Crippen LogP contribution in [-0.4, -0.2) is 65.2 Å². The van der Waals surface area contributed by atoms with E-state index in [1.54, 1.807) is 12.4 Å². The zero-order chi connectivity index (χ0) is 18.6. The van der Waals surface area contributed by atoms with Crippen molar-refractivity contribution in [2.45, 2.75) is 18.8 Å². The molecule has 2 saturated heterocycles. The van der Waals surface area contributed by atoms with Crippen molar-refractivity contribution in [2.24, 2.45) is 0 Å². The van der Waals surface area contributed by atoms with Crippen LogP contribution in [-0.2, 0) is 4.74 Å². The summed E-state index contributed by atoms with van der Waals surface area (Å²) >= 11 is 0. The van der Waals surface area contributed by atoms with Gasteiger partial charge in [-0.15, -0.1) is 0 Å². The normalized spacial score (nSPS) is 20.5. The molecule has 0 aromatic carbocycles. The second-order valence-corrected chi connectivity index (χ2v) is 6.93. The first kappa shape index (κ1) is 17.7. The van der Waals surface area contributed by atoms with Crippen LogP contribution in [0.5, 0.6) is 0 Å². The van der Waals surface area contributed by atoms with Crippen molar-refractivity contribution >= 4 is 11.7 Å². The number of pyridine rings is 1. The molecule has 142 valence electrons. The van der Waals surface area contributed by atoms with Crippen molar-refractivity contribution in [2.75, 3.05) is 44.3 Å². The molecule has 2 aromatic heterocycles. The van der Waals surface area contributed by atoms with E-state index in [0.29, 0.717) is 25.3 Å². The average molecular weight is 369 g/mol. The lowest BCUT2D eigenvalue weighted by Gasteiger charge is -2.33. The van der Waals surface area contributed by atoms with Crippen molar-refractivity contribution < 1.29 is 9.53 Å². The third-order valence-corrected chi connectivity index (χ3v) is 5.17. The molecule has 4 rings (SSSR count). The summed E-state index contributed by atoms with van der Waals surface area (Å²) in [5, 5.41) is 0. The molecule has 8 nitrogen and oxygen atoms in total. The molecule has 0 saturated carbocycles. The van der Waals surface area contributed by atoms with Gasteiger partial charge in [0.05, 0.1) is 24.5 Å². The van der Waals surface area contributed by atoms with Crippen LogP contribution < -0.4 is 10.5 Å². The van der Waals surface area contributed by atoms with Gasteiger partial charge >= 0.3 is 0 Å². The number of morpholine rings is 1. The minimum absolute atomic E-state index is 0.0570. The molecule has 2 aromatic rings. The van der Waals surface area contributed by atoms with Gasteiger partial charge in [-0.1, -0.05) is 0 Å². The van der Waals surface area contributed by atoms with Gasteiger partial charge in [-0.2, -0.15) is 0 Å². The van der Waals surface area contributed by atoms with Gasteiger partial charge in [0.1, 0.15) is 12.1 Å². The molecule has 1 unspecified atom stereocenters. The van der Waals surface area contributed by atoms with E-state index in [-0.39, 0.29) is 17.4 Å². The number of carbonyl (C=O) groups is 1. The predicted octanol–water partition coefficient (Wildman–Crippen LogP) is 1.02. The molecule has 2 aliphatic rings. The molecule has 1 N–H and O–H groups in total. The van der Waals surface area contributed by atoms with E-state index in [1.165, 1.54) is 12.3 Å². The fourth-order valence-electron chi connectivity index (χ4n) is 3.68. The predicted molar refractivity (Wildman–Crippen MR) is 100 cm³/mol. The maximum absolute atomic E-state index is 12.8. The number of aromatic nitrogens is 3. The maximum atomic E-state index is 12.8. The Morgan fingerprint density at radius 2 is 2.04 bits per heavy atom. The van der Waals surface area contributed by atoms with Gasteiger partial charge in [-0.25, -0.2) is 9.97 Å². The van der Waals surface area contributed by atoms with Crippen molar-refractivity contribution in [3.05, 3.63) is 52.3 Å². The van der Waals surface area contributed by atoms with Gasteiger partial charge < -0.3 is 19.5 Å². The van der Waals surface area contributed by atoms with Gasteiger partial charge in [-0.3, -0.25) is 9.59 Å². The summed E-state index contributed by atoms with van der Waals surface area (Å²) in [5.74, 6) is 1.05. The monoisotopic (exact) mass is 369 g/mol. The lowest BCUT2D eigenvalue weighted by atomic mass is 9.94. The molecule has 8 heteroatoms. The van der Waals surface area contributed by atoms with Crippen LogP contribution in [0.15, 0.2) is 35.5 Å². The molecule has 0 spiro atoms. The summed E-state index contributed by atoms with van der Waals surface area (Å²) in [5.41, 5.74) is 1.28. The van der Waals surface area contributed by atoms with E-state index >= 15 is 0 Å². The highest BCUT2D eigenvalue weighted by Gasteiger charge is 2.27. The number of piperidine rings is 1. The van der Waals surface area contributed by atoms with Crippen molar-refractivity contribution in [3.8, 4) is 0 Å². The molecular weight excluding hydrogens is 346 g/mol. The molecule has 2 fully saturated rings. The largest absolute Gasteiger partial charge is 0.378 e. The minimum Gasteiger partial charge on any atom is -0.378 e. The Hall–Kier alpha value is -2.74. The Bertz CT molecular complexity index is 842. The second kappa shape index (κ2) is 7.87. The first-order valence-corrected chi connectivity index (χ1v) is 9.33. The number of hydrogen-bond acceptors (Lipinski definition) is 6. The number of ether oxygens (including phenoxy) is 1. The molecule has 1 atom stereocenters. The molecule has 0 radical (unpaired) electrons. The third-order valence-electron chi connectivity index (χ3n) is 5.17. The maximum Gasteiger partial charge on any atom is 0.255 e. The Morgan fingerprint density at radius 1 is 1.19 bits per heavy atom. The second-order valence-electron chi connectivity index (χ2n) is 6.93. The van der Waals surface area contributed by atoms with Gasteiger partial charge in [0.2, 0.25) is 5.56 Å². The highest BCUT2D eigenvalue weighted by molar-refractivity contribution is 5.94. The Balaban J connectivity index is 1.48. The number of amides is 1. The van der Waals surface area contributed by atoms with Crippen LogP contribution in [0.25, 0.3) is 0 Å². The topological polar surface area (TPSA) is 91.4 Å². The van der Waals surface area contributed by atoms with E-state index in [2.05, 4.69) is 19.9 Å². The standard InChI is InChI=1S/C19H23N5O3/c25-18-4-3-14(11-20-18)19(26)24-5-1-2-15(12-24)16-10-17(22-13-21-16)23-6-8-27-9-7-23/h3-4,10-11,13,15H,1-2,5-9,12H2,(H,20,25). The Labute approximate surface area is 157 Å². The number of likely N-dealkylation sites (tertiary alicyclic amines) is 1. The zero-order valence-electron chi connectivity index (χ0n) is 15.1. The smallest absolute Gasteiger partial charge is 0.255 e. The Kier molecular flexibility index (Phi) is 5.15. The summed E-state index contributed by atoms with van der Waals surface area (Å²) in [6, 6.07) is 5.00. The van der Waals surface area contributed by atoms with E-state index in [0.717, 1.165) is 44.0 Å². The molecule has 4 heterocycles. The van der Waals surface area contributed by atoms with Gasteiger partial charge in [0.15, 0.2) is 0 Å². The number of nitrogens with one attached hydrogen (secondary N) is 1. The lowest BCUT2D eigenvalue weighted by Crippen LogP contribution is -2.40. The number of aromatic amines is 1. The number of rotatable bonds is 3. The number of H-pyrrole nitrogens is 1. The van der Waals surface area contributed by atoms with E-state index in [9.17, 15) is 9.59 Å². The fourth-order valence-corrected chi connectivity index (χ4v) is 3.68. The number of hydrogen-bond donors (Lipinski definition) is 1. The minimum atomic E-state index is -0.209. The van der Waals surface area contributed by atoms with Gasteiger partial charge in [0, 0.05) is 50.4 Å². The van der Waals surface area contributed by atoms with Crippen molar-refractivity contribution in [1.29, 1.82) is 0 Å². The Morgan fingerprint density at radius 3 is 2.81 bits per heavy atom. The first-order valence-electron chi connectivity index (χ1n) is 9.33. The van der Waals surface area contributed by atoms with Crippen LogP contribution in [0.1, 0.15) is 34.8 Å². The van der Waals surface area contributed by atoms with Crippen LogP contribution in [0.2, 0.25) is 0 Å². The molecule has 1 amide bonds. The summed E-state index contributed by atoms with van der Waals surface area (Å²) in [6.45, 7) is 4.43. The number of carbonyl (C=O) groups excluding carboxylic acids is 1. The first-order chi connectivity index (χ1) is 13.2. The van der Waals surface area contributed by atoms with Gasteiger partial charge in [0.25, 0.3) is 5.91 Å². The fraction of sp³-hybridized carbons (Fsp3) is 0.474. The molecule has 27 heavy (non-hydrogen) atoms. The summed E-state index contributed by atoms with van der Waals surface area (Å²) < 4.78 is 5.41. The van der Waals surface area contributed by atoms with Crippen LogP contribution in [0.3, 0.4) is 0 Å². The zero-order valence-corrected chi connectivity index (χ0v) is 15.1. The number of anilines is 1. The highest BCUT2D eigenvalue weighted by atomic mass is 16.5. The van der Waals surface area contributed by atoms with Crippen LogP contribution in [0.4, 0.5) is 5.82 Å². The van der Waals surface area contributed by atoms with Crippen molar-refractivity contribution in [1.82, 2.24) is 19.9 Å². The molecular formula is C19H23N5O3. The SMILES string of the molecule is O=C(c1ccc(=O)[nH]c1)N1CCCC(c2cc(N3CCOCC3)ncn2)C1. The van der Waals surface area contributed by atoms with Crippen LogP contribution in [0, 0.1) is 0 Å². The summed E-state index contributed by atoms with van der Waals surface area (Å²) in [7, 11) is 0. The summed E-state index contributed by atoms with van der Waals surface area (Å²) in [6.07, 6.45) is 5.02. The lowest BCUT2D eigenvalue weighted by molar-refractivity contribution is 0.0705. The van der Waals surface area contributed by atoms with E-state index in [1.807, 2.05) is 11.0 Å². The molecule has 0 bridgehead atoms. The molecule has 0 aliphatic carbocycles. The third kappa shape index (κ3) is 4.00. The van der Waals surface area contributed by atoms with Crippen LogP contribution >= 0.6 is 0 Å². The highest BCUT2D eigenvalue weighted by Crippen LogP contribution is 2.28.